The Kier molecular flexibility index (Phi) is 6.99. The van der Waals surface area contributed by atoms with Gasteiger partial charge in [0.25, 0.3) is 0 Å². The summed E-state index contributed by atoms with van der Waals surface area (Å²) < 4.78 is 0. The molecule has 0 aromatic rings. The summed E-state index contributed by atoms with van der Waals surface area (Å²) in [5.74, 6) is -0.188. The minimum absolute atomic E-state index is 0.178. The first-order valence-electron chi connectivity index (χ1n) is 8.23. The highest BCUT2D eigenvalue weighted by molar-refractivity contribution is 5.85. The summed E-state index contributed by atoms with van der Waals surface area (Å²) in [5.41, 5.74) is -1.18. The van der Waals surface area contributed by atoms with Crippen molar-refractivity contribution in [2.24, 2.45) is 5.92 Å². The molecular formula is C16H30N2O3. The zero-order valence-corrected chi connectivity index (χ0v) is 13.6. The van der Waals surface area contributed by atoms with E-state index in [2.05, 4.69) is 17.6 Å². The van der Waals surface area contributed by atoms with Crippen LogP contribution in [0.4, 0.5) is 4.79 Å². The third-order valence-corrected chi connectivity index (χ3v) is 4.49. The van der Waals surface area contributed by atoms with Gasteiger partial charge in [-0.15, -0.1) is 0 Å². The van der Waals surface area contributed by atoms with Gasteiger partial charge >= 0.3 is 12.0 Å². The van der Waals surface area contributed by atoms with Crippen LogP contribution in [0.5, 0.6) is 0 Å². The molecule has 5 heteroatoms. The van der Waals surface area contributed by atoms with Crippen molar-refractivity contribution in [2.45, 2.75) is 83.7 Å². The van der Waals surface area contributed by atoms with E-state index in [-0.39, 0.29) is 12.1 Å². The molecular weight excluding hydrogens is 268 g/mol. The fourth-order valence-corrected chi connectivity index (χ4v) is 3.20. The molecule has 1 saturated carbocycles. The molecule has 3 N–H and O–H groups in total. The molecule has 21 heavy (non-hydrogen) atoms. The maximum atomic E-state index is 12.0. The first kappa shape index (κ1) is 17.8. The molecule has 0 radical (unpaired) electrons. The Morgan fingerprint density at radius 2 is 1.76 bits per heavy atom. The summed E-state index contributed by atoms with van der Waals surface area (Å²) in [7, 11) is 0. The van der Waals surface area contributed by atoms with E-state index in [9.17, 15) is 14.7 Å². The van der Waals surface area contributed by atoms with Crippen LogP contribution in [0.3, 0.4) is 0 Å². The second-order valence-corrected chi connectivity index (χ2v) is 6.49. The lowest BCUT2D eigenvalue weighted by molar-refractivity contribution is -0.144. The predicted molar refractivity (Wildman–Crippen MR) is 83.3 cm³/mol. The van der Waals surface area contributed by atoms with E-state index in [1.807, 2.05) is 6.92 Å². The quantitative estimate of drug-likeness (QED) is 0.675. The molecule has 5 nitrogen and oxygen atoms in total. The lowest BCUT2D eigenvalue weighted by atomic mass is 9.83. The molecule has 0 aromatic heterocycles. The fraction of sp³-hybridized carbons (Fsp3) is 0.875. The zero-order valence-electron chi connectivity index (χ0n) is 13.6. The topological polar surface area (TPSA) is 78.4 Å². The van der Waals surface area contributed by atoms with Crippen LogP contribution in [0.2, 0.25) is 0 Å². The van der Waals surface area contributed by atoms with Crippen LogP contribution < -0.4 is 10.6 Å². The number of carboxylic acid groups (broad SMARTS) is 1. The molecule has 0 bridgehead atoms. The van der Waals surface area contributed by atoms with Crippen molar-refractivity contribution in [3.8, 4) is 0 Å². The number of carboxylic acids is 1. The van der Waals surface area contributed by atoms with E-state index in [4.69, 9.17) is 0 Å². The minimum Gasteiger partial charge on any atom is -0.480 e. The first-order chi connectivity index (χ1) is 9.91. The van der Waals surface area contributed by atoms with Gasteiger partial charge in [0.05, 0.1) is 0 Å². The van der Waals surface area contributed by atoms with Crippen molar-refractivity contribution < 1.29 is 14.7 Å². The Labute approximate surface area is 127 Å². The summed E-state index contributed by atoms with van der Waals surface area (Å²) in [6, 6.07) is -0.176. The molecule has 0 aromatic carbocycles. The van der Waals surface area contributed by atoms with E-state index in [1.165, 1.54) is 12.8 Å². The van der Waals surface area contributed by atoms with Crippen molar-refractivity contribution in [3.63, 3.8) is 0 Å². The molecule has 122 valence electrons. The lowest BCUT2D eigenvalue weighted by Gasteiger charge is -2.31. The molecule has 0 heterocycles. The zero-order chi connectivity index (χ0) is 15.9. The lowest BCUT2D eigenvalue weighted by Crippen LogP contribution is -2.56. The average Bonchev–Trinajstić information content (AvgIpc) is 2.41. The van der Waals surface area contributed by atoms with Gasteiger partial charge in [-0.2, -0.15) is 0 Å². The molecule has 2 amide bonds. The highest BCUT2D eigenvalue weighted by atomic mass is 16.4. The Morgan fingerprint density at radius 3 is 2.24 bits per heavy atom. The number of carbonyl (C=O) groups excluding carboxylic acids is 1. The van der Waals surface area contributed by atoms with Crippen molar-refractivity contribution in [1.82, 2.24) is 10.6 Å². The normalized spacial score (nSPS) is 24.9. The van der Waals surface area contributed by atoms with E-state index in [1.54, 1.807) is 6.92 Å². The highest BCUT2D eigenvalue weighted by Crippen LogP contribution is 2.27. The van der Waals surface area contributed by atoms with Gasteiger partial charge in [-0.05, 0) is 44.9 Å². The monoisotopic (exact) mass is 298 g/mol. The van der Waals surface area contributed by atoms with Crippen LogP contribution >= 0.6 is 0 Å². The van der Waals surface area contributed by atoms with Gasteiger partial charge in [0.1, 0.15) is 5.54 Å². The van der Waals surface area contributed by atoms with Crippen LogP contribution in [0.15, 0.2) is 0 Å². The molecule has 1 unspecified atom stereocenters. The van der Waals surface area contributed by atoms with Crippen molar-refractivity contribution >= 4 is 12.0 Å². The summed E-state index contributed by atoms with van der Waals surface area (Å²) in [6.45, 7) is 5.69. The standard InChI is InChI=1S/C16H30N2O3/c1-4-6-12-7-9-13(10-8-12)17-15(21)18-16(3,11-5-2)14(19)20/h12-13H,4-11H2,1-3H3,(H,19,20)(H2,17,18,21). The van der Waals surface area contributed by atoms with Crippen molar-refractivity contribution in [2.75, 3.05) is 0 Å². The Morgan fingerprint density at radius 1 is 1.14 bits per heavy atom. The van der Waals surface area contributed by atoms with Crippen molar-refractivity contribution in [3.05, 3.63) is 0 Å². The van der Waals surface area contributed by atoms with Crippen molar-refractivity contribution in [1.29, 1.82) is 0 Å². The van der Waals surface area contributed by atoms with Crippen LogP contribution in [-0.2, 0) is 4.79 Å². The number of carbonyl (C=O) groups is 2. The fourth-order valence-electron chi connectivity index (χ4n) is 3.20. The molecule has 1 atom stereocenters. The van der Waals surface area contributed by atoms with Gasteiger partial charge in [-0.25, -0.2) is 9.59 Å². The third kappa shape index (κ3) is 5.56. The number of urea groups is 1. The third-order valence-electron chi connectivity index (χ3n) is 4.49. The maximum Gasteiger partial charge on any atom is 0.329 e. The maximum absolute atomic E-state index is 12.0. The number of aliphatic carboxylic acids is 1. The molecule has 0 aliphatic heterocycles. The molecule has 0 spiro atoms. The SMILES string of the molecule is CCCC1CCC(NC(=O)NC(C)(CCC)C(=O)O)CC1. The highest BCUT2D eigenvalue weighted by Gasteiger charge is 2.34. The van der Waals surface area contributed by atoms with E-state index in [0.29, 0.717) is 12.8 Å². The number of hydrogen-bond donors (Lipinski definition) is 3. The Balaban J connectivity index is 2.42. The number of nitrogens with one attached hydrogen (secondary N) is 2. The van der Waals surface area contributed by atoms with E-state index < -0.39 is 11.5 Å². The van der Waals surface area contributed by atoms with Gasteiger partial charge in [-0.1, -0.05) is 33.1 Å². The molecule has 1 aliphatic carbocycles. The largest absolute Gasteiger partial charge is 0.480 e. The predicted octanol–water partition coefficient (Wildman–Crippen LogP) is 3.29. The first-order valence-corrected chi connectivity index (χ1v) is 8.23. The number of amides is 2. The second kappa shape index (κ2) is 8.25. The summed E-state index contributed by atoms with van der Waals surface area (Å²) >= 11 is 0. The average molecular weight is 298 g/mol. The smallest absolute Gasteiger partial charge is 0.329 e. The van der Waals surface area contributed by atoms with E-state index in [0.717, 1.165) is 31.6 Å². The Bertz CT molecular complexity index is 351. The Hall–Kier alpha value is -1.26. The van der Waals surface area contributed by atoms with Gasteiger partial charge in [0, 0.05) is 6.04 Å². The second-order valence-electron chi connectivity index (χ2n) is 6.49. The summed E-state index contributed by atoms with van der Waals surface area (Å²) in [5, 5.41) is 14.8. The molecule has 0 saturated heterocycles. The summed E-state index contributed by atoms with van der Waals surface area (Å²) in [6.07, 6.45) is 7.94. The minimum atomic E-state index is -1.18. The van der Waals surface area contributed by atoms with Crippen LogP contribution in [0.1, 0.15) is 72.1 Å². The van der Waals surface area contributed by atoms with Gasteiger partial charge in [-0.3, -0.25) is 0 Å². The molecule has 1 rings (SSSR count). The molecule has 1 fully saturated rings. The number of rotatable bonds is 7. The van der Waals surface area contributed by atoms with E-state index >= 15 is 0 Å². The summed E-state index contributed by atoms with van der Waals surface area (Å²) in [4.78, 5) is 23.3. The van der Waals surface area contributed by atoms with Gasteiger partial charge in [0.15, 0.2) is 0 Å². The van der Waals surface area contributed by atoms with Crippen LogP contribution in [0, 0.1) is 5.92 Å². The van der Waals surface area contributed by atoms with Gasteiger partial charge in [0.2, 0.25) is 0 Å². The van der Waals surface area contributed by atoms with Crippen LogP contribution in [-0.4, -0.2) is 28.7 Å². The molecule has 1 aliphatic rings. The van der Waals surface area contributed by atoms with Crippen LogP contribution in [0.25, 0.3) is 0 Å². The van der Waals surface area contributed by atoms with Gasteiger partial charge < -0.3 is 15.7 Å². The number of hydrogen-bond acceptors (Lipinski definition) is 2.